The van der Waals surface area contributed by atoms with E-state index in [9.17, 15) is 13.2 Å². The van der Waals surface area contributed by atoms with E-state index in [1.54, 1.807) is 13.1 Å². The molecule has 0 fully saturated rings. The van der Waals surface area contributed by atoms with Crippen molar-refractivity contribution >= 4 is 11.6 Å². The van der Waals surface area contributed by atoms with Gasteiger partial charge in [0.1, 0.15) is 0 Å². The van der Waals surface area contributed by atoms with E-state index in [2.05, 4.69) is 14.8 Å². The second-order valence-electron chi connectivity index (χ2n) is 3.52. The second kappa shape index (κ2) is 3.79. The third kappa shape index (κ3) is 2.58. The lowest BCUT2D eigenvalue weighted by Crippen LogP contribution is -2.19. The van der Waals surface area contributed by atoms with Gasteiger partial charge in [-0.15, -0.1) is 5.10 Å². The summed E-state index contributed by atoms with van der Waals surface area (Å²) in [6.07, 6.45) is -2.80. The van der Waals surface area contributed by atoms with E-state index < -0.39 is 12.8 Å². The summed E-state index contributed by atoms with van der Waals surface area (Å²) < 4.78 is 42.1. The number of ether oxygens (including phenoxy) is 1. The smallest absolute Gasteiger partial charge is 0.422 e. The highest BCUT2D eigenvalue weighted by Gasteiger charge is 2.29. The summed E-state index contributed by atoms with van der Waals surface area (Å²) in [5.41, 5.74) is 6.23. The summed E-state index contributed by atoms with van der Waals surface area (Å²) in [6, 6.07) is 1.45. The molecule has 0 aromatic carbocycles. The molecule has 2 heterocycles. The molecular formula is C9H9F3N4O. The minimum atomic E-state index is -4.40. The number of hydrogen-bond acceptors (Lipinski definition) is 4. The zero-order valence-corrected chi connectivity index (χ0v) is 8.82. The van der Waals surface area contributed by atoms with Crippen molar-refractivity contribution in [2.75, 3.05) is 12.3 Å². The van der Waals surface area contributed by atoms with Crippen molar-refractivity contribution in [2.24, 2.45) is 0 Å². The Hall–Kier alpha value is -1.99. The molecule has 0 bridgehead atoms. The van der Waals surface area contributed by atoms with Crippen LogP contribution >= 0.6 is 0 Å². The number of pyridine rings is 1. The van der Waals surface area contributed by atoms with Gasteiger partial charge in [0.25, 0.3) is 0 Å². The minimum Gasteiger partial charge on any atom is -0.480 e. The van der Waals surface area contributed by atoms with E-state index in [0.29, 0.717) is 5.56 Å². The summed E-state index contributed by atoms with van der Waals surface area (Å²) in [6.45, 7) is 0.330. The van der Waals surface area contributed by atoms with E-state index in [0.717, 1.165) is 0 Å². The van der Waals surface area contributed by atoms with Crippen molar-refractivity contribution in [3.8, 4) is 5.75 Å². The van der Waals surface area contributed by atoms with Crippen LogP contribution in [-0.4, -0.2) is 27.4 Å². The number of aryl methyl sites for hydroxylation is 1. The predicted molar refractivity (Wildman–Crippen MR) is 53.7 cm³/mol. The Morgan fingerprint density at radius 1 is 1.47 bits per heavy atom. The molecule has 8 heteroatoms. The van der Waals surface area contributed by atoms with E-state index in [4.69, 9.17) is 5.73 Å². The number of halogens is 3. The van der Waals surface area contributed by atoms with Crippen molar-refractivity contribution < 1.29 is 17.9 Å². The van der Waals surface area contributed by atoms with Gasteiger partial charge in [-0.05, 0) is 18.6 Å². The fourth-order valence-electron chi connectivity index (χ4n) is 1.37. The van der Waals surface area contributed by atoms with Gasteiger partial charge in [0.2, 0.25) is 5.95 Å². The van der Waals surface area contributed by atoms with Crippen molar-refractivity contribution in [1.29, 1.82) is 0 Å². The summed E-state index contributed by atoms with van der Waals surface area (Å²) in [5.74, 6) is -0.0148. The SMILES string of the molecule is Cc1cc(OCC(F)(F)F)c2nc(N)nn2c1. The molecule has 5 nitrogen and oxygen atoms in total. The molecule has 0 amide bonds. The topological polar surface area (TPSA) is 65.4 Å². The van der Waals surface area contributed by atoms with Gasteiger partial charge in [0.15, 0.2) is 18.0 Å². The van der Waals surface area contributed by atoms with Gasteiger partial charge in [-0.1, -0.05) is 0 Å². The summed E-state index contributed by atoms with van der Waals surface area (Å²) in [5, 5.41) is 3.80. The molecule has 2 aromatic heterocycles. The molecular weight excluding hydrogens is 237 g/mol. The van der Waals surface area contributed by atoms with Crippen LogP contribution in [0.1, 0.15) is 5.56 Å². The lowest BCUT2D eigenvalue weighted by molar-refractivity contribution is -0.153. The Bertz CT molecular complexity index is 549. The Balaban J connectivity index is 2.38. The Kier molecular flexibility index (Phi) is 2.56. The van der Waals surface area contributed by atoms with Crippen LogP contribution in [0.2, 0.25) is 0 Å². The molecule has 0 aliphatic heterocycles. The van der Waals surface area contributed by atoms with Gasteiger partial charge in [-0.3, -0.25) is 0 Å². The highest BCUT2D eigenvalue weighted by molar-refractivity contribution is 5.56. The van der Waals surface area contributed by atoms with Gasteiger partial charge in [0, 0.05) is 6.20 Å². The van der Waals surface area contributed by atoms with Crippen LogP contribution in [0, 0.1) is 6.92 Å². The largest absolute Gasteiger partial charge is 0.480 e. The molecule has 17 heavy (non-hydrogen) atoms. The summed E-state index contributed by atoms with van der Waals surface area (Å²) in [7, 11) is 0. The maximum Gasteiger partial charge on any atom is 0.422 e. The summed E-state index contributed by atoms with van der Waals surface area (Å²) >= 11 is 0. The monoisotopic (exact) mass is 246 g/mol. The van der Waals surface area contributed by atoms with Crippen LogP contribution in [-0.2, 0) is 0 Å². The van der Waals surface area contributed by atoms with Crippen LogP contribution in [0.15, 0.2) is 12.3 Å². The number of aromatic nitrogens is 3. The number of anilines is 1. The fraction of sp³-hybridized carbons (Fsp3) is 0.333. The third-order valence-electron chi connectivity index (χ3n) is 1.94. The quantitative estimate of drug-likeness (QED) is 0.873. The Morgan fingerprint density at radius 3 is 2.82 bits per heavy atom. The predicted octanol–water partition coefficient (Wildman–Crippen LogP) is 1.56. The first-order valence-corrected chi connectivity index (χ1v) is 4.67. The first kappa shape index (κ1) is 11.5. The normalized spacial score (nSPS) is 12.0. The average molecular weight is 246 g/mol. The number of nitrogens with zero attached hydrogens (tertiary/aromatic N) is 3. The fourth-order valence-corrected chi connectivity index (χ4v) is 1.37. The number of nitrogens with two attached hydrogens (primary N) is 1. The Labute approximate surface area is 94.0 Å². The molecule has 0 spiro atoms. The molecule has 0 saturated heterocycles. The standard InChI is InChI=1S/C9H9F3N4O/c1-5-2-6(17-4-9(10,11)12)7-14-8(13)15-16(7)3-5/h2-3H,4H2,1H3,(H2,13,15). The lowest BCUT2D eigenvalue weighted by atomic mass is 10.3. The molecule has 2 N–H and O–H groups in total. The number of fused-ring (bicyclic) bond motifs is 1. The van der Waals surface area contributed by atoms with Crippen LogP contribution in [0.3, 0.4) is 0 Å². The highest BCUT2D eigenvalue weighted by Crippen LogP contribution is 2.23. The molecule has 2 aromatic rings. The molecule has 2 rings (SSSR count). The van der Waals surface area contributed by atoms with Crippen LogP contribution < -0.4 is 10.5 Å². The van der Waals surface area contributed by atoms with Gasteiger partial charge >= 0.3 is 6.18 Å². The van der Waals surface area contributed by atoms with E-state index in [-0.39, 0.29) is 17.3 Å². The highest BCUT2D eigenvalue weighted by atomic mass is 19.4. The van der Waals surface area contributed by atoms with Crippen molar-refractivity contribution in [1.82, 2.24) is 14.6 Å². The molecule has 0 aliphatic rings. The molecule has 92 valence electrons. The molecule has 0 radical (unpaired) electrons. The van der Waals surface area contributed by atoms with Gasteiger partial charge in [-0.25, -0.2) is 4.52 Å². The second-order valence-corrected chi connectivity index (χ2v) is 3.52. The lowest BCUT2D eigenvalue weighted by Gasteiger charge is -2.10. The number of hydrogen-bond donors (Lipinski definition) is 1. The molecule has 0 atom stereocenters. The van der Waals surface area contributed by atoms with Gasteiger partial charge < -0.3 is 10.5 Å². The third-order valence-corrected chi connectivity index (χ3v) is 1.94. The zero-order chi connectivity index (χ0) is 12.6. The van der Waals surface area contributed by atoms with E-state index in [1.807, 2.05) is 0 Å². The number of alkyl halides is 3. The van der Waals surface area contributed by atoms with Crippen LogP contribution in [0.25, 0.3) is 5.65 Å². The van der Waals surface area contributed by atoms with Crippen molar-refractivity contribution in [3.63, 3.8) is 0 Å². The van der Waals surface area contributed by atoms with E-state index in [1.165, 1.54) is 10.6 Å². The van der Waals surface area contributed by atoms with Crippen molar-refractivity contribution in [3.05, 3.63) is 17.8 Å². The zero-order valence-electron chi connectivity index (χ0n) is 8.82. The first-order valence-electron chi connectivity index (χ1n) is 4.67. The number of rotatable bonds is 2. The van der Waals surface area contributed by atoms with E-state index >= 15 is 0 Å². The first-order chi connectivity index (χ1) is 7.85. The van der Waals surface area contributed by atoms with Gasteiger partial charge in [0.05, 0.1) is 0 Å². The van der Waals surface area contributed by atoms with Crippen LogP contribution in [0.4, 0.5) is 19.1 Å². The average Bonchev–Trinajstić information content (AvgIpc) is 2.53. The van der Waals surface area contributed by atoms with Crippen molar-refractivity contribution in [2.45, 2.75) is 13.1 Å². The minimum absolute atomic E-state index is 0.00604. The maximum absolute atomic E-state index is 12.1. The summed E-state index contributed by atoms with van der Waals surface area (Å²) in [4.78, 5) is 3.79. The van der Waals surface area contributed by atoms with Crippen LogP contribution in [0.5, 0.6) is 5.75 Å². The molecule has 0 aliphatic carbocycles. The number of nitrogen functional groups attached to an aromatic ring is 1. The molecule has 0 unspecified atom stereocenters. The maximum atomic E-state index is 12.1. The molecule has 0 saturated carbocycles. The van der Waals surface area contributed by atoms with Gasteiger partial charge in [-0.2, -0.15) is 18.2 Å². The Morgan fingerprint density at radius 2 is 2.18 bits per heavy atom.